The predicted molar refractivity (Wildman–Crippen MR) is 356 cm³/mol. The van der Waals surface area contributed by atoms with E-state index in [1.165, 1.54) is 122 Å². The van der Waals surface area contributed by atoms with Gasteiger partial charge in [0, 0.05) is 60.8 Å². The van der Waals surface area contributed by atoms with E-state index >= 15 is 0 Å². The highest BCUT2D eigenvalue weighted by Crippen LogP contribution is 2.52. The van der Waals surface area contributed by atoms with Gasteiger partial charge in [0.1, 0.15) is 0 Å². The number of benzene rings is 11. The summed E-state index contributed by atoms with van der Waals surface area (Å²) in [6.45, 7) is 4.74. The molecule has 1 unspecified atom stereocenters. The zero-order valence-electron chi connectivity index (χ0n) is 47.3. The summed E-state index contributed by atoms with van der Waals surface area (Å²) in [4.78, 5) is 2.44. The zero-order valence-corrected chi connectivity index (χ0v) is 47.3. The van der Waals surface area contributed by atoms with Crippen LogP contribution in [0.2, 0.25) is 0 Å². The third-order valence-corrected chi connectivity index (χ3v) is 18.3. The molecule has 3 nitrogen and oxygen atoms in total. The van der Waals surface area contributed by atoms with E-state index in [2.05, 4.69) is 319 Å². The van der Waals surface area contributed by atoms with Crippen LogP contribution in [0.25, 0.3) is 116 Å². The molecule has 11 aromatic carbocycles. The summed E-state index contributed by atoms with van der Waals surface area (Å²) in [6, 6.07) is 93.3. The van der Waals surface area contributed by atoms with Gasteiger partial charge < -0.3 is 14.0 Å². The predicted octanol–water partition coefficient (Wildman–Crippen LogP) is 22.3. The summed E-state index contributed by atoms with van der Waals surface area (Å²) in [7, 11) is 0. The Hall–Kier alpha value is -10.2. The molecule has 1 atom stereocenters. The molecule has 3 aliphatic carbocycles. The van der Waals surface area contributed by atoms with Crippen molar-refractivity contribution in [1.29, 1.82) is 0 Å². The van der Waals surface area contributed by atoms with E-state index in [0.717, 1.165) is 41.9 Å². The van der Waals surface area contributed by atoms with Gasteiger partial charge >= 0.3 is 0 Å². The lowest BCUT2D eigenvalue weighted by atomic mass is 9.82. The van der Waals surface area contributed by atoms with Gasteiger partial charge in [0.15, 0.2) is 0 Å². The van der Waals surface area contributed by atoms with Gasteiger partial charge in [-0.05, 0) is 171 Å². The van der Waals surface area contributed by atoms with Crippen molar-refractivity contribution in [2.45, 2.75) is 44.6 Å². The molecule has 0 N–H and O–H groups in total. The lowest BCUT2D eigenvalue weighted by Crippen LogP contribution is -2.16. The van der Waals surface area contributed by atoms with Gasteiger partial charge in [0.05, 0.1) is 28.1 Å². The normalized spacial score (nSPS) is 15.0. The van der Waals surface area contributed by atoms with E-state index in [1.807, 2.05) is 0 Å². The van der Waals surface area contributed by atoms with Crippen molar-refractivity contribution in [2.24, 2.45) is 0 Å². The lowest BCUT2D eigenvalue weighted by Gasteiger charge is -2.28. The lowest BCUT2D eigenvalue weighted by molar-refractivity contribution is 0.648. The smallest absolute Gasteiger partial charge is 0.0577 e. The first-order valence-electron chi connectivity index (χ1n) is 29.7. The third kappa shape index (κ3) is 8.17. The first-order chi connectivity index (χ1) is 41.4. The van der Waals surface area contributed by atoms with Gasteiger partial charge in [-0.25, -0.2) is 0 Å². The Morgan fingerprint density at radius 1 is 0.381 bits per heavy atom. The molecule has 84 heavy (non-hydrogen) atoms. The van der Waals surface area contributed by atoms with Crippen LogP contribution in [0.4, 0.5) is 17.1 Å². The Labute approximate surface area is 491 Å². The largest absolute Gasteiger partial charge is 0.332 e. The van der Waals surface area contributed by atoms with Crippen molar-refractivity contribution < 1.29 is 0 Å². The van der Waals surface area contributed by atoms with Crippen LogP contribution in [0, 0.1) is 0 Å². The molecule has 0 saturated carbocycles. The first-order valence-corrected chi connectivity index (χ1v) is 29.7. The van der Waals surface area contributed by atoms with Crippen molar-refractivity contribution in [1.82, 2.24) is 9.13 Å². The summed E-state index contributed by atoms with van der Waals surface area (Å²) in [5.74, 6) is 0. The number of allylic oxidation sites excluding steroid dienone is 8. The Bertz CT molecular complexity index is 4850. The highest BCUT2D eigenvalue weighted by Gasteiger charge is 2.36. The van der Waals surface area contributed by atoms with Crippen molar-refractivity contribution in [3.63, 3.8) is 0 Å². The summed E-state index contributed by atoms with van der Waals surface area (Å²) < 4.78 is 5.20. The number of hydrogen-bond acceptors (Lipinski definition) is 1. The maximum atomic E-state index is 2.70. The minimum Gasteiger partial charge on any atom is -0.332 e. The van der Waals surface area contributed by atoms with Crippen molar-refractivity contribution in [3.8, 4) is 66.8 Å². The first kappa shape index (κ1) is 49.6. The molecule has 400 valence electrons. The van der Waals surface area contributed by atoms with Crippen LogP contribution >= 0.6 is 0 Å². The molecule has 0 fully saturated rings. The summed E-state index contributed by atoms with van der Waals surface area (Å²) in [5, 5.41) is 5.02. The van der Waals surface area contributed by atoms with Crippen molar-refractivity contribution in [3.05, 3.63) is 302 Å². The van der Waals surface area contributed by atoms with Crippen LogP contribution in [0.5, 0.6) is 0 Å². The molecule has 13 aromatic rings. The number of hydrogen-bond donors (Lipinski definition) is 0. The van der Waals surface area contributed by atoms with E-state index in [-0.39, 0.29) is 11.5 Å². The van der Waals surface area contributed by atoms with Gasteiger partial charge in [-0.15, -0.1) is 0 Å². The van der Waals surface area contributed by atoms with E-state index in [9.17, 15) is 0 Å². The number of anilines is 3. The Balaban J connectivity index is 0.929. The van der Waals surface area contributed by atoms with E-state index < -0.39 is 0 Å². The van der Waals surface area contributed by atoms with Gasteiger partial charge in [0.25, 0.3) is 0 Å². The molecule has 2 aromatic heterocycles. The molecule has 0 bridgehead atoms. The average molecular weight is 1080 g/mol. The number of fused-ring (bicyclic) bond motifs is 9. The van der Waals surface area contributed by atoms with Gasteiger partial charge in [-0.1, -0.05) is 220 Å². The van der Waals surface area contributed by atoms with Crippen molar-refractivity contribution in [2.75, 3.05) is 4.90 Å². The maximum absolute atomic E-state index is 2.70. The van der Waals surface area contributed by atoms with E-state index in [1.54, 1.807) is 0 Å². The average Bonchev–Trinajstić information content (AvgIpc) is 2.05. The molecule has 3 heteroatoms. The van der Waals surface area contributed by atoms with E-state index in [4.69, 9.17) is 0 Å². The van der Waals surface area contributed by atoms with E-state index in [0.29, 0.717) is 0 Å². The summed E-state index contributed by atoms with van der Waals surface area (Å²) >= 11 is 0. The highest BCUT2D eigenvalue weighted by molar-refractivity contribution is 6.20. The highest BCUT2D eigenvalue weighted by atomic mass is 15.1. The monoisotopic (exact) mass is 1080 g/mol. The molecular weight excluding hydrogens is 1010 g/mol. The number of rotatable bonds is 10. The van der Waals surface area contributed by atoms with Gasteiger partial charge in [0.2, 0.25) is 0 Å². The molecular formula is C81H61N3. The molecule has 0 aliphatic heterocycles. The van der Waals surface area contributed by atoms with Crippen LogP contribution in [0.3, 0.4) is 0 Å². The summed E-state index contributed by atoms with van der Waals surface area (Å²) in [5.41, 5.74) is 26.8. The Kier molecular flexibility index (Phi) is 11.8. The Morgan fingerprint density at radius 3 is 1.56 bits per heavy atom. The third-order valence-electron chi connectivity index (χ3n) is 18.3. The number of aromatic nitrogens is 2. The minimum absolute atomic E-state index is 0.0680. The Morgan fingerprint density at radius 2 is 0.917 bits per heavy atom. The summed E-state index contributed by atoms with van der Waals surface area (Å²) in [6.07, 6.45) is 18.9. The standard InChI is InChI=1S/C81H61N3/c1-81(2)75-34-20-18-32-67(75)68-46-45-66(53-76(68)81)82(64-41-36-57(37-42-64)54-22-8-3-9-23-54)65-43-38-58(39-44-65)70-49-60(55-24-10-4-11-25-55)51-73-74-52-61(56-26-12-5-13-27-56)50-71(80(74)84(79(70)73)63-30-16-7-17-31-63)59-40-47-78-72(48-59)69-33-19-21-35-77(69)83(78)62-28-14-6-15-29-62/h3-14,16-28,30,32-53,63H,15,29,31H2,1-2H3. The van der Waals surface area contributed by atoms with Crippen LogP contribution in [0.15, 0.2) is 291 Å². The van der Waals surface area contributed by atoms with Crippen LogP contribution in [-0.2, 0) is 5.41 Å². The fourth-order valence-corrected chi connectivity index (χ4v) is 14.2. The number of para-hydroxylation sites is 1. The van der Waals surface area contributed by atoms with Crippen molar-refractivity contribution >= 4 is 66.4 Å². The fraction of sp³-hybridized carbons (Fsp3) is 0.0864. The molecule has 0 saturated heterocycles. The second kappa shape index (κ2) is 20.0. The fourth-order valence-electron chi connectivity index (χ4n) is 14.2. The topological polar surface area (TPSA) is 13.1 Å². The van der Waals surface area contributed by atoms with Crippen LogP contribution in [-0.4, -0.2) is 9.13 Å². The van der Waals surface area contributed by atoms with Crippen LogP contribution in [0.1, 0.15) is 50.3 Å². The molecule has 0 amide bonds. The molecule has 0 radical (unpaired) electrons. The zero-order chi connectivity index (χ0) is 55.9. The van der Waals surface area contributed by atoms with Crippen LogP contribution < -0.4 is 4.90 Å². The molecule has 0 spiro atoms. The number of nitrogens with zero attached hydrogens (tertiary/aromatic N) is 3. The maximum Gasteiger partial charge on any atom is 0.0577 e. The second-order valence-electron chi connectivity index (χ2n) is 23.5. The second-order valence-corrected chi connectivity index (χ2v) is 23.5. The SMILES string of the molecule is CC1(C)c2ccccc2-c2ccc(N(c3ccc(-c4ccccc4)cc3)c3ccc(-c4cc(-c5ccccc5)cc5c6cc(-c7ccccc7)cc(-c7ccc8c(c7)c7ccccc7n8C7=CC=CCC7)c6n(C6C=CC=CC6)c45)cc3)cc21. The quantitative estimate of drug-likeness (QED) is 0.133. The molecule has 3 aliphatic rings. The van der Waals surface area contributed by atoms with Gasteiger partial charge in [-0.3, -0.25) is 0 Å². The molecule has 16 rings (SSSR count). The van der Waals surface area contributed by atoms with Gasteiger partial charge in [-0.2, -0.15) is 0 Å². The molecule has 2 heterocycles. The minimum atomic E-state index is -0.148.